The van der Waals surface area contributed by atoms with Crippen LogP contribution in [0.2, 0.25) is 0 Å². The number of rotatable bonds is 8. The van der Waals surface area contributed by atoms with E-state index in [0.717, 1.165) is 16.9 Å². The molecule has 2 saturated heterocycles. The van der Waals surface area contributed by atoms with Crippen LogP contribution in [-0.4, -0.2) is 55.1 Å². The zero-order chi connectivity index (χ0) is 20.9. The number of nitrogens with one attached hydrogen (secondary N) is 2. The normalized spacial score (nSPS) is 23.2. The lowest BCUT2D eigenvalue weighted by Gasteiger charge is -2.34. The van der Waals surface area contributed by atoms with Crippen LogP contribution < -0.4 is 15.4 Å². The van der Waals surface area contributed by atoms with Crippen molar-refractivity contribution in [2.24, 2.45) is 0 Å². The third-order valence-electron chi connectivity index (χ3n) is 5.65. The molecule has 2 aromatic carbocycles. The summed E-state index contributed by atoms with van der Waals surface area (Å²) in [5, 5.41) is 6.30. The lowest BCUT2D eigenvalue weighted by Crippen LogP contribution is -2.62. The lowest BCUT2D eigenvalue weighted by atomic mass is 10.1. The van der Waals surface area contributed by atoms with Crippen molar-refractivity contribution in [3.8, 4) is 5.75 Å². The molecule has 2 amide bonds. The van der Waals surface area contributed by atoms with Gasteiger partial charge < -0.3 is 25.0 Å². The first-order chi connectivity index (χ1) is 14.6. The molecule has 0 spiro atoms. The average Bonchev–Trinajstić information content (AvgIpc) is 3.22. The minimum atomic E-state index is -0.627. The summed E-state index contributed by atoms with van der Waals surface area (Å²) in [6.45, 7) is 1.79. The molecule has 4 rings (SSSR count). The highest BCUT2D eigenvalue weighted by Crippen LogP contribution is 2.23. The highest BCUT2D eigenvalue weighted by molar-refractivity contribution is 5.97. The van der Waals surface area contributed by atoms with Gasteiger partial charge in [0.15, 0.2) is 0 Å². The van der Waals surface area contributed by atoms with Crippen LogP contribution in [0, 0.1) is 0 Å². The summed E-state index contributed by atoms with van der Waals surface area (Å²) in [6.07, 6.45) is 0.616. The van der Waals surface area contributed by atoms with Gasteiger partial charge in [0.2, 0.25) is 11.8 Å². The molecule has 2 aliphatic rings. The highest BCUT2D eigenvalue weighted by Gasteiger charge is 2.46. The van der Waals surface area contributed by atoms with Gasteiger partial charge in [0.05, 0.1) is 20.3 Å². The van der Waals surface area contributed by atoms with Gasteiger partial charge in [-0.2, -0.15) is 0 Å². The summed E-state index contributed by atoms with van der Waals surface area (Å²) in [5.74, 6) is 0.651. The third kappa shape index (κ3) is 4.63. The number of carbonyl (C=O) groups is 2. The van der Waals surface area contributed by atoms with E-state index in [4.69, 9.17) is 9.47 Å². The number of amides is 2. The zero-order valence-corrected chi connectivity index (χ0v) is 17.0. The van der Waals surface area contributed by atoms with Gasteiger partial charge in [0.25, 0.3) is 0 Å². The van der Waals surface area contributed by atoms with Crippen LogP contribution in [0.25, 0.3) is 0 Å². The van der Waals surface area contributed by atoms with Gasteiger partial charge in [-0.3, -0.25) is 9.59 Å². The van der Waals surface area contributed by atoms with Crippen molar-refractivity contribution in [1.29, 1.82) is 0 Å². The molecule has 2 heterocycles. The number of piperazine rings is 1. The van der Waals surface area contributed by atoms with Crippen molar-refractivity contribution in [3.05, 3.63) is 65.7 Å². The van der Waals surface area contributed by atoms with Crippen molar-refractivity contribution in [2.45, 2.75) is 37.7 Å². The Morgan fingerprint density at radius 3 is 2.57 bits per heavy atom. The molecule has 30 heavy (non-hydrogen) atoms. The number of fused-ring (bicyclic) bond motifs is 1. The molecule has 0 saturated carbocycles. The number of hydrogen-bond donors (Lipinski definition) is 2. The Morgan fingerprint density at radius 2 is 1.83 bits per heavy atom. The standard InChI is InChI=1S/C23H27N3O4/c1-29-19-9-7-16(8-10-19)12-24-18-11-21-22(27)25-20(23(28)26(21)13-18)15-30-14-17-5-3-2-4-6-17/h2-10,18,20-21,24H,11-15H2,1H3,(H,25,27)/t18-,20-,21-/m0/s1. The first-order valence-corrected chi connectivity index (χ1v) is 10.2. The van der Waals surface area contributed by atoms with Crippen molar-refractivity contribution in [2.75, 3.05) is 20.3 Å². The topological polar surface area (TPSA) is 79.9 Å². The Balaban J connectivity index is 1.28. The number of hydrogen-bond acceptors (Lipinski definition) is 5. The monoisotopic (exact) mass is 409 g/mol. The predicted octanol–water partition coefficient (Wildman–Crippen LogP) is 1.47. The summed E-state index contributed by atoms with van der Waals surface area (Å²) < 4.78 is 10.9. The SMILES string of the molecule is COc1ccc(CN[C@H]2C[C@H]3C(=O)N[C@@H](COCc4ccccc4)C(=O)N3C2)cc1. The summed E-state index contributed by atoms with van der Waals surface area (Å²) >= 11 is 0. The molecule has 7 nitrogen and oxygen atoms in total. The Kier molecular flexibility index (Phi) is 6.30. The van der Waals surface area contributed by atoms with Gasteiger partial charge in [-0.05, 0) is 29.7 Å². The Morgan fingerprint density at radius 1 is 1.07 bits per heavy atom. The number of ether oxygens (including phenoxy) is 2. The van der Waals surface area contributed by atoms with E-state index in [1.807, 2.05) is 54.6 Å². The summed E-state index contributed by atoms with van der Waals surface area (Å²) in [4.78, 5) is 27.1. The van der Waals surface area contributed by atoms with Crippen LogP contribution in [0.1, 0.15) is 17.5 Å². The van der Waals surface area contributed by atoms with Crippen LogP contribution >= 0.6 is 0 Å². The molecule has 2 fully saturated rings. The molecule has 158 valence electrons. The zero-order valence-electron chi connectivity index (χ0n) is 17.0. The molecular formula is C23H27N3O4. The summed E-state index contributed by atoms with van der Waals surface area (Å²) in [6, 6.07) is 16.7. The van der Waals surface area contributed by atoms with Gasteiger partial charge in [-0.15, -0.1) is 0 Å². The van der Waals surface area contributed by atoms with E-state index in [1.54, 1.807) is 12.0 Å². The quantitative estimate of drug-likeness (QED) is 0.690. The van der Waals surface area contributed by atoms with Gasteiger partial charge >= 0.3 is 0 Å². The van der Waals surface area contributed by atoms with Crippen LogP contribution in [0.15, 0.2) is 54.6 Å². The minimum Gasteiger partial charge on any atom is -0.497 e. The molecule has 0 aliphatic carbocycles. The van der Waals surface area contributed by atoms with Crippen molar-refractivity contribution < 1.29 is 19.1 Å². The van der Waals surface area contributed by atoms with Crippen LogP contribution in [0.4, 0.5) is 0 Å². The van der Waals surface area contributed by atoms with Crippen molar-refractivity contribution >= 4 is 11.8 Å². The molecule has 0 unspecified atom stereocenters. The predicted molar refractivity (Wildman–Crippen MR) is 112 cm³/mol. The van der Waals surface area contributed by atoms with Gasteiger partial charge in [0, 0.05) is 19.1 Å². The fraction of sp³-hybridized carbons (Fsp3) is 0.391. The van der Waals surface area contributed by atoms with E-state index in [1.165, 1.54) is 0 Å². The van der Waals surface area contributed by atoms with Crippen molar-refractivity contribution in [1.82, 2.24) is 15.5 Å². The smallest absolute Gasteiger partial charge is 0.248 e. The largest absolute Gasteiger partial charge is 0.497 e. The van der Waals surface area contributed by atoms with Crippen molar-refractivity contribution in [3.63, 3.8) is 0 Å². The first-order valence-electron chi connectivity index (χ1n) is 10.2. The maximum Gasteiger partial charge on any atom is 0.248 e. The molecule has 3 atom stereocenters. The maximum atomic E-state index is 12.9. The molecule has 0 aromatic heterocycles. The highest BCUT2D eigenvalue weighted by atomic mass is 16.5. The van der Waals surface area contributed by atoms with E-state index >= 15 is 0 Å². The van der Waals surface area contributed by atoms with Gasteiger partial charge in [0.1, 0.15) is 17.8 Å². The molecule has 2 aromatic rings. The molecule has 2 aliphatic heterocycles. The van der Waals surface area contributed by atoms with E-state index in [9.17, 15) is 9.59 Å². The van der Waals surface area contributed by atoms with E-state index in [-0.39, 0.29) is 24.5 Å². The van der Waals surface area contributed by atoms with Gasteiger partial charge in [-0.25, -0.2) is 0 Å². The third-order valence-corrected chi connectivity index (χ3v) is 5.65. The van der Waals surface area contributed by atoms with Crippen LogP contribution in [-0.2, 0) is 27.5 Å². The second-order valence-corrected chi connectivity index (χ2v) is 7.73. The summed E-state index contributed by atoms with van der Waals surface area (Å²) in [7, 11) is 1.64. The van der Waals surface area contributed by atoms with Crippen LogP contribution in [0.3, 0.4) is 0 Å². The Hall–Kier alpha value is -2.90. The Labute approximate surface area is 176 Å². The maximum absolute atomic E-state index is 12.9. The molecule has 7 heteroatoms. The molecular weight excluding hydrogens is 382 g/mol. The summed E-state index contributed by atoms with van der Waals surface area (Å²) in [5.41, 5.74) is 2.16. The Bertz CT molecular complexity index is 872. The fourth-order valence-electron chi connectivity index (χ4n) is 3.99. The number of benzene rings is 2. The second kappa shape index (κ2) is 9.28. The fourth-order valence-corrected chi connectivity index (χ4v) is 3.99. The van der Waals surface area contributed by atoms with E-state index < -0.39 is 12.1 Å². The molecule has 2 N–H and O–H groups in total. The number of carbonyl (C=O) groups excluding carboxylic acids is 2. The first kappa shape index (κ1) is 20.4. The lowest BCUT2D eigenvalue weighted by molar-refractivity contribution is -0.148. The molecule has 0 radical (unpaired) electrons. The minimum absolute atomic E-state index is 0.0681. The average molecular weight is 409 g/mol. The van der Waals surface area contributed by atoms with E-state index in [0.29, 0.717) is 26.1 Å². The van der Waals surface area contributed by atoms with Crippen LogP contribution in [0.5, 0.6) is 5.75 Å². The second-order valence-electron chi connectivity index (χ2n) is 7.73. The van der Waals surface area contributed by atoms with Gasteiger partial charge in [-0.1, -0.05) is 42.5 Å². The number of methoxy groups -OCH3 is 1. The molecule has 0 bridgehead atoms. The number of nitrogens with zero attached hydrogens (tertiary/aromatic N) is 1. The van der Waals surface area contributed by atoms with E-state index in [2.05, 4.69) is 10.6 Å².